The highest BCUT2D eigenvalue weighted by Crippen LogP contribution is 2.24. The molecule has 2 N–H and O–H groups in total. The van der Waals surface area contributed by atoms with E-state index in [1.54, 1.807) is 12.1 Å². The van der Waals surface area contributed by atoms with E-state index in [0.29, 0.717) is 27.9 Å². The number of carbonyl (C=O) groups excluding carboxylic acids is 2. The number of nitrogens with one attached hydrogen (secondary N) is 2. The third kappa shape index (κ3) is 5.16. The molecule has 26 heavy (non-hydrogen) atoms. The van der Waals surface area contributed by atoms with Gasteiger partial charge < -0.3 is 15.5 Å². The van der Waals surface area contributed by atoms with Gasteiger partial charge in [-0.1, -0.05) is 19.4 Å². The van der Waals surface area contributed by atoms with Crippen molar-refractivity contribution >= 4 is 39.5 Å². The topological polar surface area (TPSA) is 61.4 Å². The third-order valence-electron chi connectivity index (χ3n) is 4.51. The van der Waals surface area contributed by atoms with Crippen LogP contribution in [-0.2, 0) is 0 Å². The van der Waals surface area contributed by atoms with Crippen LogP contribution in [0.15, 0.2) is 29.0 Å². The van der Waals surface area contributed by atoms with Crippen LogP contribution in [0.3, 0.4) is 0 Å². The molecule has 1 aliphatic heterocycles. The largest absolute Gasteiger partial charge is 0.352 e. The highest BCUT2D eigenvalue weighted by molar-refractivity contribution is 7.15. The molecule has 2 aromatic heterocycles. The van der Waals surface area contributed by atoms with Gasteiger partial charge >= 0.3 is 0 Å². The number of nitrogens with zero attached hydrogens (tertiary/aromatic N) is 1. The third-order valence-corrected chi connectivity index (χ3v) is 6.21. The summed E-state index contributed by atoms with van der Waals surface area (Å²) in [5.41, 5.74) is 0.532. The van der Waals surface area contributed by atoms with Crippen molar-refractivity contribution in [3.05, 3.63) is 39.4 Å². The van der Waals surface area contributed by atoms with E-state index in [1.165, 1.54) is 55.0 Å². The zero-order chi connectivity index (χ0) is 18.4. The Labute approximate surface area is 162 Å². The zero-order valence-electron chi connectivity index (χ0n) is 15.0. The highest BCUT2D eigenvalue weighted by Gasteiger charge is 2.18. The maximum absolute atomic E-state index is 12.5. The van der Waals surface area contributed by atoms with Crippen molar-refractivity contribution < 1.29 is 9.59 Å². The molecule has 2 amide bonds. The van der Waals surface area contributed by atoms with Gasteiger partial charge in [0.1, 0.15) is 5.00 Å². The molecule has 0 radical (unpaired) electrons. The van der Waals surface area contributed by atoms with Crippen LogP contribution in [0.1, 0.15) is 46.2 Å². The molecule has 3 heterocycles. The fourth-order valence-corrected chi connectivity index (χ4v) is 4.57. The number of hydrogen-bond acceptors (Lipinski definition) is 5. The Kier molecular flexibility index (Phi) is 6.82. The summed E-state index contributed by atoms with van der Waals surface area (Å²) in [6, 6.07) is 5.38. The summed E-state index contributed by atoms with van der Waals surface area (Å²) in [4.78, 5) is 27.9. The first-order valence-electron chi connectivity index (χ1n) is 9.06. The summed E-state index contributed by atoms with van der Waals surface area (Å²) in [6.45, 7) is 6.17. The first kappa shape index (κ1) is 19.1. The van der Waals surface area contributed by atoms with E-state index < -0.39 is 0 Å². The SMILES string of the molecule is C[C@H](CNC(=O)c1ccsc1NC(=O)c1cccs1)CN1CCCCC1. The van der Waals surface area contributed by atoms with Crippen LogP contribution < -0.4 is 10.6 Å². The van der Waals surface area contributed by atoms with Crippen molar-refractivity contribution in [2.75, 3.05) is 31.5 Å². The number of anilines is 1. The molecule has 0 aromatic carbocycles. The van der Waals surface area contributed by atoms with E-state index in [2.05, 4.69) is 22.5 Å². The minimum absolute atomic E-state index is 0.127. The van der Waals surface area contributed by atoms with Gasteiger partial charge in [0, 0.05) is 13.1 Å². The minimum atomic E-state index is -0.171. The summed E-state index contributed by atoms with van der Waals surface area (Å²) in [5.74, 6) is 0.105. The van der Waals surface area contributed by atoms with E-state index in [9.17, 15) is 9.59 Å². The van der Waals surface area contributed by atoms with Crippen LogP contribution in [0, 0.1) is 5.92 Å². The second-order valence-electron chi connectivity index (χ2n) is 6.77. The number of carbonyl (C=O) groups is 2. The van der Waals surface area contributed by atoms with Crippen molar-refractivity contribution in [3.8, 4) is 0 Å². The number of piperidine rings is 1. The molecular formula is C19H25N3O2S2. The van der Waals surface area contributed by atoms with Crippen molar-refractivity contribution in [2.45, 2.75) is 26.2 Å². The molecule has 140 valence electrons. The number of thiophene rings is 2. The summed E-state index contributed by atoms with van der Waals surface area (Å²) < 4.78 is 0. The Morgan fingerprint density at radius 1 is 1.12 bits per heavy atom. The predicted octanol–water partition coefficient (Wildman–Crippen LogP) is 3.91. The van der Waals surface area contributed by atoms with E-state index in [1.807, 2.05) is 16.8 Å². The van der Waals surface area contributed by atoms with Gasteiger partial charge in [-0.3, -0.25) is 9.59 Å². The smallest absolute Gasteiger partial charge is 0.266 e. The lowest BCUT2D eigenvalue weighted by Crippen LogP contribution is -2.38. The second kappa shape index (κ2) is 9.30. The molecule has 1 atom stereocenters. The second-order valence-corrected chi connectivity index (χ2v) is 8.64. The predicted molar refractivity (Wildman–Crippen MR) is 108 cm³/mol. The lowest BCUT2D eigenvalue weighted by molar-refractivity contribution is 0.0944. The Bertz CT molecular complexity index is 721. The summed E-state index contributed by atoms with van der Waals surface area (Å²) in [5, 5.41) is 10.2. The van der Waals surface area contributed by atoms with Crippen LogP contribution in [-0.4, -0.2) is 42.9 Å². The number of rotatable bonds is 7. The molecule has 0 saturated carbocycles. The van der Waals surface area contributed by atoms with Crippen molar-refractivity contribution in [1.29, 1.82) is 0 Å². The quantitative estimate of drug-likeness (QED) is 0.752. The maximum Gasteiger partial charge on any atom is 0.266 e. The maximum atomic E-state index is 12.5. The van der Waals surface area contributed by atoms with Crippen LogP contribution in [0.2, 0.25) is 0 Å². The molecule has 3 rings (SSSR count). The molecule has 1 fully saturated rings. The average Bonchev–Trinajstić information content (AvgIpc) is 3.32. The minimum Gasteiger partial charge on any atom is -0.352 e. The van der Waals surface area contributed by atoms with E-state index in [-0.39, 0.29) is 11.8 Å². The first-order valence-corrected chi connectivity index (χ1v) is 10.8. The molecule has 0 spiro atoms. The van der Waals surface area contributed by atoms with Gasteiger partial charge in [0.05, 0.1) is 10.4 Å². The molecule has 7 heteroatoms. The number of likely N-dealkylation sites (tertiary alicyclic amines) is 1. The molecule has 0 unspecified atom stereocenters. The van der Waals surface area contributed by atoms with Gasteiger partial charge in [0.15, 0.2) is 0 Å². The first-order chi connectivity index (χ1) is 12.6. The van der Waals surface area contributed by atoms with E-state index in [0.717, 1.165) is 6.54 Å². The van der Waals surface area contributed by atoms with Crippen molar-refractivity contribution in [1.82, 2.24) is 10.2 Å². The lowest BCUT2D eigenvalue weighted by Gasteiger charge is -2.29. The van der Waals surface area contributed by atoms with Crippen LogP contribution >= 0.6 is 22.7 Å². The zero-order valence-corrected chi connectivity index (χ0v) is 16.6. The molecular weight excluding hydrogens is 366 g/mol. The Hall–Kier alpha value is -1.70. The molecule has 5 nitrogen and oxygen atoms in total. The molecule has 2 aromatic rings. The fraction of sp³-hybridized carbons (Fsp3) is 0.474. The standard InChI is InChI=1S/C19H25N3O2S2/c1-14(13-22-8-3-2-4-9-22)12-20-17(23)15-7-11-26-19(15)21-18(24)16-6-5-10-25-16/h5-7,10-11,14H,2-4,8-9,12-13H2,1H3,(H,20,23)(H,21,24)/t14-/m1/s1. The van der Waals surface area contributed by atoms with Gasteiger partial charge in [-0.15, -0.1) is 22.7 Å². The molecule has 0 aliphatic carbocycles. The van der Waals surface area contributed by atoms with Gasteiger partial charge in [-0.25, -0.2) is 0 Å². The van der Waals surface area contributed by atoms with Gasteiger partial charge in [-0.05, 0) is 54.7 Å². The summed E-state index contributed by atoms with van der Waals surface area (Å²) in [7, 11) is 0. The Morgan fingerprint density at radius 2 is 1.92 bits per heavy atom. The Morgan fingerprint density at radius 3 is 2.65 bits per heavy atom. The van der Waals surface area contributed by atoms with Crippen molar-refractivity contribution in [2.24, 2.45) is 5.92 Å². The fourth-order valence-electron chi connectivity index (χ4n) is 3.17. The van der Waals surface area contributed by atoms with Crippen LogP contribution in [0.25, 0.3) is 0 Å². The number of amides is 2. The molecule has 1 aliphatic rings. The van der Waals surface area contributed by atoms with Gasteiger partial charge in [0.2, 0.25) is 0 Å². The van der Waals surface area contributed by atoms with Crippen molar-refractivity contribution in [3.63, 3.8) is 0 Å². The van der Waals surface area contributed by atoms with Gasteiger partial charge in [0.25, 0.3) is 11.8 Å². The summed E-state index contributed by atoms with van der Waals surface area (Å²) in [6.07, 6.45) is 3.89. The average molecular weight is 392 g/mol. The molecule has 1 saturated heterocycles. The highest BCUT2D eigenvalue weighted by atomic mass is 32.1. The summed E-state index contributed by atoms with van der Waals surface area (Å²) >= 11 is 2.75. The number of hydrogen-bond donors (Lipinski definition) is 2. The van der Waals surface area contributed by atoms with Crippen LogP contribution in [0.5, 0.6) is 0 Å². The monoisotopic (exact) mass is 391 g/mol. The molecule has 0 bridgehead atoms. The Balaban J connectivity index is 1.50. The van der Waals surface area contributed by atoms with Crippen LogP contribution in [0.4, 0.5) is 5.00 Å². The van der Waals surface area contributed by atoms with E-state index >= 15 is 0 Å². The normalized spacial score (nSPS) is 16.2. The van der Waals surface area contributed by atoms with E-state index in [4.69, 9.17) is 0 Å². The lowest BCUT2D eigenvalue weighted by atomic mass is 10.1. The van der Waals surface area contributed by atoms with Gasteiger partial charge in [-0.2, -0.15) is 0 Å².